The highest BCUT2D eigenvalue weighted by Crippen LogP contribution is 2.16. The van der Waals surface area contributed by atoms with E-state index < -0.39 is 0 Å². The van der Waals surface area contributed by atoms with E-state index in [2.05, 4.69) is 10.3 Å². The third kappa shape index (κ3) is 3.48. The SMILES string of the molecule is Cn1ccnc1C(=O)c1ccc(NC(=O)CN2CSCC2=O)cc1. The smallest absolute Gasteiger partial charge is 0.244 e. The topological polar surface area (TPSA) is 84.3 Å². The number of hydrogen-bond acceptors (Lipinski definition) is 5. The zero-order chi connectivity index (χ0) is 17.1. The number of imidazole rings is 1. The number of carbonyl (C=O) groups is 3. The lowest BCUT2D eigenvalue weighted by Gasteiger charge is -2.14. The lowest BCUT2D eigenvalue weighted by Crippen LogP contribution is -2.34. The molecule has 2 amide bonds. The van der Waals surface area contributed by atoms with Crippen molar-refractivity contribution in [1.29, 1.82) is 0 Å². The van der Waals surface area contributed by atoms with E-state index in [0.717, 1.165) is 0 Å². The summed E-state index contributed by atoms with van der Waals surface area (Å²) < 4.78 is 1.66. The molecular weight excluding hydrogens is 328 g/mol. The highest BCUT2D eigenvalue weighted by Gasteiger charge is 2.22. The highest BCUT2D eigenvalue weighted by atomic mass is 32.2. The summed E-state index contributed by atoms with van der Waals surface area (Å²) in [5, 5.41) is 2.73. The van der Waals surface area contributed by atoms with Crippen molar-refractivity contribution >= 4 is 35.0 Å². The Kier molecular flexibility index (Phi) is 4.66. The van der Waals surface area contributed by atoms with Crippen LogP contribution in [0.3, 0.4) is 0 Å². The van der Waals surface area contributed by atoms with Gasteiger partial charge in [0.1, 0.15) is 6.54 Å². The maximum atomic E-state index is 12.3. The van der Waals surface area contributed by atoms with Gasteiger partial charge in [0.25, 0.3) is 0 Å². The van der Waals surface area contributed by atoms with Crippen molar-refractivity contribution in [2.24, 2.45) is 7.05 Å². The van der Waals surface area contributed by atoms with Crippen molar-refractivity contribution in [2.75, 3.05) is 23.5 Å². The van der Waals surface area contributed by atoms with Crippen molar-refractivity contribution < 1.29 is 14.4 Å². The van der Waals surface area contributed by atoms with Gasteiger partial charge in [-0.2, -0.15) is 0 Å². The van der Waals surface area contributed by atoms with Crippen LogP contribution >= 0.6 is 11.8 Å². The number of benzene rings is 1. The minimum absolute atomic E-state index is 0.0221. The molecule has 7 nitrogen and oxygen atoms in total. The molecule has 0 atom stereocenters. The van der Waals surface area contributed by atoms with E-state index in [9.17, 15) is 14.4 Å². The molecule has 0 aliphatic carbocycles. The molecule has 0 radical (unpaired) electrons. The van der Waals surface area contributed by atoms with E-state index in [4.69, 9.17) is 0 Å². The Labute approximate surface area is 143 Å². The van der Waals surface area contributed by atoms with Gasteiger partial charge in [-0.05, 0) is 24.3 Å². The molecular formula is C16H16N4O3S. The number of aromatic nitrogens is 2. The molecule has 0 unspecified atom stereocenters. The van der Waals surface area contributed by atoms with E-state index in [0.29, 0.717) is 28.7 Å². The van der Waals surface area contributed by atoms with E-state index in [-0.39, 0.29) is 24.1 Å². The summed E-state index contributed by atoms with van der Waals surface area (Å²) >= 11 is 1.49. The molecule has 1 aliphatic rings. The third-order valence-electron chi connectivity index (χ3n) is 3.61. The number of anilines is 1. The van der Waals surface area contributed by atoms with Crippen molar-refractivity contribution in [1.82, 2.24) is 14.5 Å². The van der Waals surface area contributed by atoms with Crippen LogP contribution in [-0.4, -0.2) is 50.2 Å². The zero-order valence-electron chi connectivity index (χ0n) is 13.1. The van der Waals surface area contributed by atoms with Crippen LogP contribution < -0.4 is 5.32 Å². The fourth-order valence-corrected chi connectivity index (χ4v) is 3.24. The maximum absolute atomic E-state index is 12.3. The van der Waals surface area contributed by atoms with Gasteiger partial charge < -0.3 is 14.8 Å². The summed E-state index contributed by atoms with van der Waals surface area (Å²) in [4.78, 5) is 41.3. The third-order valence-corrected chi connectivity index (χ3v) is 4.56. The number of rotatable bonds is 5. The van der Waals surface area contributed by atoms with E-state index in [1.165, 1.54) is 16.7 Å². The summed E-state index contributed by atoms with van der Waals surface area (Å²) in [7, 11) is 1.76. The lowest BCUT2D eigenvalue weighted by molar-refractivity contribution is -0.130. The molecule has 124 valence electrons. The van der Waals surface area contributed by atoms with Gasteiger partial charge in [0.2, 0.25) is 17.6 Å². The molecule has 24 heavy (non-hydrogen) atoms. The molecule has 1 fully saturated rings. The second kappa shape index (κ2) is 6.88. The Morgan fingerprint density at radius 1 is 1.29 bits per heavy atom. The number of hydrogen-bond donors (Lipinski definition) is 1. The van der Waals surface area contributed by atoms with Crippen LogP contribution in [0.25, 0.3) is 0 Å². The molecule has 1 aliphatic heterocycles. The molecule has 2 heterocycles. The van der Waals surface area contributed by atoms with E-state index >= 15 is 0 Å². The van der Waals surface area contributed by atoms with Crippen LogP contribution in [0.1, 0.15) is 16.2 Å². The molecule has 0 saturated carbocycles. The second-order valence-corrected chi connectivity index (χ2v) is 6.34. The Bertz CT molecular complexity index is 785. The Hall–Kier alpha value is -2.61. The van der Waals surface area contributed by atoms with Crippen LogP contribution in [0, 0.1) is 0 Å². The first-order valence-corrected chi connectivity index (χ1v) is 8.47. The largest absolute Gasteiger partial charge is 0.331 e. The number of thioether (sulfide) groups is 1. The fourth-order valence-electron chi connectivity index (χ4n) is 2.33. The van der Waals surface area contributed by atoms with Crippen molar-refractivity contribution in [3.05, 3.63) is 48.0 Å². The average molecular weight is 344 g/mol. The van der Waals surface area contributed by atoms with Crippen LogP contribution in [0.5, 0.6) is 0 Å². The molecule has 2 aromatic rings. The number of nitrogens with zero attached hydrogens (tertiary/aromatic N) is 3. The normalized spacial score (nSPS) is 14.0. The number of ketones is 1. The van der Waals surface area contributed by atoms with Crippen LogP contribution in [0.15, 0.2) is 36.7 Å². The lowest BCUT2D eigenvalue weighted by atomic mass is 10.1. The summed E-state index contributed by atoms with van der Waals surface area (Å²) in [6.07, 6.45) is 3.28. The van der Waals surface area contributed by atoms with E-state index in [1.54, 1.807) is 48.3 Å². The van der Waals surface area contributed by atoms with Crippen molar-refractivity contribution in [3.8, 4) is 0 Å². The predicted molar refractivity (Wildman–Crippen MR) is 90.8 cm³/mol. The number of amides is 2. The molecule has 8 heteroatoms. The van der Waals surface area contributed by atoms with Gasteiger partial charge in [-0.15, -0.1) is 11.8 Å². The number of carbonyl (C=O) groups excluding carboxylic acids is 3. The molecule has 0 spiro atoms. The first-order valence-electron chi connectivity index (χ1n) is 7.32. The van der Waals surface area contributed by atoms with Crippen LogP contribution in [0.2, 0.25) is 0 Å². The first-order chi connectivity index (χ1) is 11.5. The quantitative estimate of drug-likeness (QED) is 0.822. The Morgan fingerprint density at radius 3 is 2.62 bits per heavy atom. The minimum atomic E-state index is -0.256. The number of nitrogens with one attached hydrogen (secondary N) is 1. The molecule has 3 rings (SSSR count). The van der Waals surface area contributed by atoms with Gasteiger partial charge in [-0.3, -0.25) is 14.4 Å². The van der Waals surface area contributed by atoms with Gasteiger partial charge in [0, 0.05) is 30.7 Å². The van der Waals surface area contributed by atoms with Gasteiger partial charge in [0.05, 0.1) is 11.6 Å². The minimum Gasteiger partial charge on any atom is -0.331 e. The summed E-state index contributed by atoms with van der Waals surface area (Å²) in [6, 6.07) is 6.61. The van der Waals surface area contributed by atoms with Gasteiger partial charge >= 0.3 is 0 Å². The van der Waals surface area contributed by atoms with Gasteiger partial charge in [0.15, 0.2) is 5.82 Å². The highest BCUT2D eigenvalue weighted by molar-refractivity contribution is 8.00. The van der Waals surface area contributed by atoms with Crippen molar-refractivity contribution in [2.45, 2.75) is 0 Å². The average Bonchev–Trinajstić information content (AvgIpc) is 3.16. The molecule has 1 aromatic carbocycles. The summed E-state index contributed by atoms with van der Waals surface area (Å²) in [6.45, 7) is 0.0415. The Morgan fingerprint density at radius 2 is 2.04 bits per heavy atom. The maximum Gasteiger partial charge on any atom is 0.244 e. The summed E-state index contributed by atoms with van der Waals surface area (Å²) in [5.41, 5.74) is 1.07. The van der Waals surface area contributed by atoms with Gasteiger partial charge in [-0.1, -0.05) is 0 Å². The standard InChI is InChI=1S/C16H16N4O3S/c1-19-7-6-17-16(19)15(23)11-2-4-12(5-3-11)18-13(21)8-20-10-24-9-14(20)22/h2-7H,8-10H2,1H3,(H,18,21). The molecule has 1 aromatic heterocycles. The molecule has 1 saturated heterocycles. The fraction of sp³-hybridized carbons (Fsp3) is 0.250. The Balaban J connectivity index is 1.62. The second-order valence-electron chi connectivity index (χ2n) is 5.39. The van der Waals surface area contributed by atoms with Gasteiger partial charge in [-0.25, -0.2) is 4.98 Å². The number of aryl methyl sites for hydroxylation is 1. The first kappa shape index (κ1) is 16.3. The molecule has 1 N–H and O–H groups in total. The summed E-state index contributed by atoms with van der Waals surface area (Å²) in [5.74, 6) is 0.873. The van der Waals surface area contributed by atoms with Crippen LogP contribution in [-0.2, 0) is 16.6 Å². The van der Waals surface area contributed by atoms with Crippen molar-refractivity contribution in [3.63, 3.8) is 0 Å². The monoisotopic (exact) mass is 344 g/mol. The molecule has 0 bridgehead atoms. The van der Waals surface area contributed by atoms with E-state index in [1.807, 2.05) is 0 Å². The predicted octanol–water partition coefficient (Wildman–Crippen LogP) is 1.12. The van der Waals surface area contributed by atoms with Crippen LogP contribution in [0.4, 0.5) is 5.69 Å². The zero-order valence-corrected chi connectivity index (χ0v) is 13.9.